The molecule has 2 heteroatoms. The van der Waals surface area contributed by atoms with Crippen LogP contribution >= 0.6 is 0 Å². The number of anilines is 3. The average Bonchev–Trinajstić information content (AvgIpc) is 3.49. The summed E-state index contributed by atoms with van der Waals surface area (Å²) in [6.45, 7) is 16.0. The van der Waals surface area contributed by atoms with Crippen molar-refractivity contribution in [3.05, 3.63) is 168 Å². The number of nitrogens with zero attached hydrogens (tertiary/aromatic N) is 2. The van der Waals surface area contributed by atoms with E-state index in [1.54, 1.807) is 0 Å². The van der Waals surface area contributed by atoms with Gasteiger partial charge in [-0.05, 0) is 175 Å². The Morgan fingerprint density at radius 3 is 1.47 bits per heavy atom. The molecule has 268 valence electrons. The van der Waals surface area contributed by atoms with Crippen molar-refractivity contribution in [3.8, 4) is 27.9 Å². The van der Waals surface area contributed by atoms with Crippen LogP contribution in [0.5, 0.6) is 0 Å². The Bertz CT molecular complexity index is 2930. The van der Waals surface area contributed by atoms with Gasteiger partial charge in [0.15, 0.2) is 0 Å². The molecule has 1 aromatic heterocycles. The van der Waals surface area contributed by atoms with Gasteiger partial charge in [0.25, 0.3) is 0 Å². The zero-order valence-electron chi connectivity index (χ0n) is 32.8. The summed E-state index contributed by atoms with van der Waals surface area (Å²) in [4.78, 5) is 2.36. The number of para-hydroxylation sites is 1. The van der Waals surface area contributed by atoms with E-state index in [0.29, 0.717) is 0 Å². The summed E-state index contributed by atoms with van der Waals surface area (Å²) in [5.41, 5.74) is 16.6. The van der Waals surface area contributed by atoms with E-state index in [4.69, 9.17) is 0 Å². The molecule has 0 atom stereocenters. The number of aromatic nitrogens is 1. The van der Waals surface area contributed by atoms with Crippen molar-refractivity contribution in [2.24, 2.45) is 0 Å². The van der Waals surface area contributed by atoms with Crippen LogP contribution in [-0.4, -0.2) is 4.57 Å². The highest BCUT2D eigenvalue weighted by molar-refractivity contribution is 6.13. The lowest BCUT2D eigenvalue weighted by molar-refractivity contribution is 0.590. The molecule has 0 amide bonds. The molecule has 0 N–H and O–H groups in total. The van der Waals surface area contributed by atoms with Crippen LogP contribution in [0.1, 0.15) is 58.2 Å². The summed E-state index contributed by atoms with van der Waals surface area (Å²) in [6, 6.07) is 57.1. The molecular formula is C53H46N2. The predicted molar refractivity (Wildman–Crippen MR) is 237 cm³/mol. The molecule has 0 saturated heterocycles. The van der Waals surface area contributed by atoms with Crippen molar-refractivity contribution < 1.29 is 0 Å². The highest BCUT2D eigenvalue weighted by atomic mass is 15.1. The highest BCUT2D eigenvalue weighted by Crippen LogP contribution is 2.51. The Morgan fingerprint density at radius 1 is 0.400 bits per heavy atom. The third-order valence-corrected chi connectivity index (χ3v) is 11.8. The summed E-state index contributed by atoms with van der Waals surface area (Å²) in [5.74, 6) is 0. The summed E-state index contributed by atoms with van der Waals surface area (Å²) < 4.78 is 2.47. The number of aryl methyl sites for hydroxylation is 1. The topological polar surface area (TPSA) is 8.17 Å². The molecule has 0 spiro atoms. The largest absolute Gasteiger partial charge is 0.310 e. The molecule has 0 fully saturated rings. The fourth-order valence-electron chi connectivity index (χ4n) is 8.70. The molecule has 0 unspecified atom stereocenters. The number of rotatable bonds is 4. The molecule has 9 aromatic rings. The first-order chi connectivity index (χ1) is 26.4. The van der Waals surface area contributed by atoms with Crippen molar-refractivity contribution in [1.29, 1.82) is 0 Å². The van der Waals surface area contributed by atoms with Crippen molar-refractivity contribution in [1.82, 2.24) is 4.57 Å². The summed E-state index contributed by atoms with van der Waals surface area (Å²) in [5, 5.41) is 7.68. The molecule has 0 bridgehead atoms. The van der Waals surface area contributed by atoms with Crippen LogP contribution in [0.2, 0.25) is 0 Å². The molecular weight excluding hydrogens is 665 g/mol. The highest BCUT2D eigenvalue weighted by Gasteiger charge is 2.25. The van der Waals surface area contributed by atoms with E-state index in [1.165, 1.54) is 88.0 Å². The van der Waals surface area contributed by atoms with E-state index in [9.17, 15) is 0 Å². The number of hydrogen-bond acceptors (Lipinski definition) is 1. The van der Waals surface area contributed by atoms with Gasteiger partial charge in [0, 0.05) is 33.5 Å². The van der Waals surface area contributed by atoms with E-state index in [-0.39, 0.29) is 10.8 Å². The van der Waals surface area contributed by atoms with Gasteiger partial charge in [-0.1, -0.05) is 96.1 Å². The number of hydrogen-bond donors (Lipinski definition) is 0. The van der Waals surface area contributed by atoms with Crippen LogP contribution in [-0.2, 0) is 10.8 Å². The van der Waals surface area contributed by atoms with Gasteiger partial charge in [-0.25, -0.2) is 0 Å². The van der Waals surface area contributed by atoms with E-state index in [0.717, 1.165) is 17.1 Å². The second-order valence-electron chi connectivity index (χ2n) is 17.7. The molecule has 10 rings (SSSR count). The van der Waals surface area contributed by atoms with Gasteiger partial charge in [-0.3, -0.25) is 0 Å². The van der Waals surface area contributed by atoms with E-state index in [1.807, 2.05) is 0 Å². The van der Waals surface area contributed by atoms with E-state index < -0.39 is 0 Å². The Labute approximate surface area is 324 Å². The van der Waals surface area contributed by atoms with Crippen molar-refractivity contribution in [2.75, 3.05) is 4.90 Å². The number of fused-ring (bicyclic) bond motifs is 9. The maximum absolute atomic E-state index is 2.47. The van der Waals surface area contributed by atoms with Crippen molar-refractivity contribution in [2.45, 2.75) is 59.3 Å². The van der Waals surface area contributed by atoms with Crippen LogP contribution in [0.15, 0.2) is 152 Å². The molecule has 0 aliphatic heterocycles. The Kier molecular flexibility index (Phi) is 7.26. The first-order valence-corrected chi connectivity index (χ1v) is 19.6. The Morgan fingerprint density at radius 2 is 0.909 bits per heavy atom. The molecule has 8 aromatic carbocycles. The van der Waals surface area contributed by atoms with Crippen molar-refractivity contribution in [3.63, 3.8) is 0 Å². The molecule has 1 aliphatic carbocycles. The molecule has 2 nitrogen and oxygen atoms in total. The normalized spacial score (nSPS) is 12.6. The van der Waals surface area contributed by atoms with Gasteiger partial charge >= 0.3 is 0 Å². The molecule has 55 heavy (non-hydrogen) atoms. The fourth-order valence-corrected chi connectivity index (χ4v) is 8.70. The Balaban J connectivity index is 1.09. The zero-order valence-corrected chi connectivity index (χ0v) is 32.8. The van der Waals surface area contributed by atoms with Gasteiger partial charge in [-0.2, -0.15) is 0 Å². The lowest BCUT2D eigenvalue weighted by Gasteiger charge is -2.28. The SMILES string of the molecule is Cc1cccc(N(c2ccccc2)c2ccc3cc4c(cc3c2)-c2cc3cc(-n5c6ccc(C(C)(C)C)cc6c6cc(C(C)(C)C)ccc65)ccc3cc2-4)c1. The second-order valence-corrected chi connectivity index (χ2v) is 17.7. The molecule has 0 radical (unpaired) electrons. The third-order valence-electron chi connectivity index (χ3n) is 11.8. The minimum atomic E-state index is 0.0700. The van der Waals surface area contributed by atoms with Crippen LogP contribution in [0.3, 0.4) is 0 Å². The smallest absolute Gasteiger partial charge is 0.0541 e. The van der Waals surface area contributed by atoms with E-state index >= 15 is 0 Å². The fraction of sp³-hybridized carbons (Fsp3) is 0.170. The summed E-state index contributed by atoms with van der Waals surface area (Å²) >= 11 is 0. The van der Waals surface area contributed by atoms with Crippen LogP contribution in [0, 0.1) is 6.92 Å². The first kappa shape index (κ1) is 33.4. The summed E-state index contributed by atoms with van der Waals surface area (Å²) in [6.07, 6.45) is 0. The molecule has 1 aliphatic rings. The van der Waals surface area contributed by atoms with Gasteiger partial charge in [-0.15, -0.1) is 0 Å². The minimum absolute atomic E-state index is 0.0700. The lowest BCUT2D eigenvalue weighted by Crippen LogP contribution is -2.10. The predicted octanol–water partition coefficient (Wildman–Crippen LogP) is 15.1. The maximum atomic E-state index is 2.47. The second kappa shape index (κ2) is 11.9. The quantitative estimate of drug-likeness (QED) is 0.177. The van der Waals surface area contributed by atoms with Gasteiger partial charge in [0.05, 0.1) is 11.0 Å². The van der Waals surface area contributed by atoms with Crippen LogP contribution in [0.25, 0.3) is 71.3 Å². The van der Waals surface area contributed by atoms with Gasteiger partial charge < -0.3 is 9.47 Å². The lowest BCUT2D eigenvalue weighted by atomic mass is 9.78. The average molecular weight is 711 g/mol. The summed E-state index contributed by atoms with van der Waals surface area (Å²) in [7, 11) is 0. The number of benzene rings is 8. The van der Waals surface area contributed by atoms with Crippen LogP contribution in [0.4, 0.5) is 17.1 Å². The first-order valence-electron chi connectivity index (χ1n) is 19.6. The maximum Gasteiger partial charge on any atom is 0.0541 e. The van der Waals surface area contributed by atoms with E-state index in [2.05, 4.69) is 210 Å². The molecule has 0 saturated carbocycles. The standard InChI is InChI=1S/C53H46N2/c1-33-12-11-15-41(24-33)54(40-13-9-8-10-14-40)42-20-16-34-27-44-45-28-35-17-21-43(26-37(35)30-47(45)46(44)29-36(34)25-42)55-50-22-18-38(52(2,3)4)31-48(50)49-32-39(53(5,6)7)19-23-51(49)55/h8-32H,1-7H3. The van der Waals surface area contributed by atoms with Crippen LogP contribution < -0.4 is 4.90 Å². The minimum Gasteiger partial charge on any atom is -0.310 e. The van der Waals surface area contributed by atoms with Gasteiger partial charge in [0.2, 0.25) is 0 Å². The van der Waals surface area contributed by atoms with Crippen molar-refractivity contribution >= 4 is 60.4 Å². The zero-order chi connectivity index (χ0) is 37.8. The third kappa shape index (κ3) is 5.46. The monoisotopic (exact) mass is 710 g/mol. The molecule has 1 heterocycles. The van der Waals surface area contributed by atoms with Gasteiger partial charge in [0.1, 0.15) is 0 Å². The Hall–Kier alpha value is -6.12.